The first kappa shape index (κ1) is 11.8. The molecule has 0 aliphatic heterocycles. The maximum Gasteiger partial charge on any atom is 0.417 e. The third kappa shape index (κ3) is 2.32. The van der Waals surface area contributed by atoms with E-state index >= 15 is 0 Å². The molecule has 7 heteroatoms. The van der Waals surface area contributed by atoms with Crippen LogP contribution in [-0.2, 0) is 6.54 Å². The monoisotopic (exact) mass is 276 g/mol. The Labute approximate surface area is 112 Å². The van der Waals surface area contributed by atoms with Crippen molar-refractivity contribution >= 4 is 33.8 Å². The number of hydrogen-bond acceptors (Lipinski definition) is 6. The zero-order chi connectivity index (χ0) is 13.4. The molecule has 0 bridgehead atoms. The second-order valence-corrected chi connectivity index (χ2v) is 5.22. The Morgan fingerprint density at radius 1 is 1.53 bits per heavy atom. The van der Waals surface area contributed by atoms with E-state index in [2.05, 4.69) is 15.3 Å². The van der Waals surface area contributed by atoms with E-state index in [0.29, 0.717) is 23.3 Å². The zero-order valence-electron chi connectivity index (χ0n) is 10.2. The minimum Gasteiger partial charge on any atom is -0.408 e. The van der Waals surface area contributed by atoms with Crippen LogP contribution in [0.3, 0.4) is 0 Å². The molecule has 0 saturated carbocycles. The molecule has 0 aliphatic carbocycles. The molecule has 0 fully saturated rings. The number of nitrogen functional groups attached to an aromatic ring is 1. The lowest BCUT2D eigenvalue weighted by atomic mass is 10.2. The van der Waals surface area contributed by atoms with Gasteiger partial charge in [0, 0.05) is 11.4 Å². The van der Waals surface area contributed by atoms with Crippen LogP contribution in [0.4, 0.5) is 11.4 Å². The summed E-state index contributed by atoms with van der Waals surface area (Å²) in [4.78, 5) is 18.1. The van der Waals surface area contributed by atoms with Crippen molar-refractivity contribution in [2.45, 2.75) is 13.5 Å². The lowest BCUT2D eigenvalue weighted by Gasteiger charge is -2.07. The summed E-state index contributed by atoms with van der Waals surface area (Å²) in [6, 6.07) is 3.39. The van der Waals surface area contributed by atoms with Gasteiger partial charge in [0.15, 0.2) is 5.58 Å². The Balaban J connectivity index is 1.87. The average molecular weight is 276 g/mol. The number of nitrogens with one attached hydrogen (secondary N) is 2. The molecule has 6 nitrogen and oxygen atoms in total. The van der Waals surface area contributed by atoms with Gasteiger partial charge in [-0.1, -0.05) is 0 Å². The summed E-state index contributed by atoms with van der Waals surface area (Å²) in [7, 11) is 0. The molecule has 2 heterocycles. The van der Waals surface area contributed by atoms with Crippen molar-refractivity contribution in [3.63, 3.8) is 0 Å². The van der Waals surface area contributed by atoms with E-state index in [-0.39, 0.29) is 0 Å². The van der Waals surface area contributed by atoms with E-state index in [9.17, 15) is 4.79 Å². The number of nitrogens with two attached hydrogens (primary N) is 1. The van der Waals surface area contributed by atoms with Gasteiger partial charge >= 0.3 is 5.76 Å². The molecule has 0 saturated heterocycles. The first-order chi connectivity index (χ1) is 9.11. The number of anilines is 2. The van der Waals surface area contributed by atoms with E-state index < -0.39 is 5.76 Å². The quantitative estimate of drug-likeness (QED) is 0.636. The van der Waals surface area contributed by atoms with Crippen LogP contribution in [0.25, 0.3) is 11.1 Å². The zero-order valence-corrected chi connectivity index (χ0v) is 11.0. The van der Waals surface area contributed by atoms with Crippen LogP contribution < -0.4 is 16.8 Å². The van der Waals surface area contributed by atoms with Crippen LogP contribution in [-0.4, -0.2) is 9.97 Å². The van der Waals surface area contributed by atoms with Crippen LogP contribution in [0, 0.1) is 6.92 Å². The molecule has 0 unspecified atom stereocenters. The van der Waals surface area contributed by atoms with Crippen molar-refractivity contribution in [3.8, 4) is 0 Å². The van der Waals surface area contributed by atoms with Crippen LogP contribution in [0.1, 0.15) is 10.7 Å². The van der Waals surface area contributed by atoms with Crippen LogP contribution in [0.5, 0.6) is 0 Å². The molecule has 0 atom stereocenters. The fourth-order valence-electron chi connectivity index (χ4n) is 1.84. The number of hydrogen-bond donors (Lipinski definition) is 3. The van der Waals surface area contributed by atoms with Gasteiger partial charge in [-0.05, 0) is 13.0 Å². The van der Waals surface area contributed by atoms with E-state index in [4.69, 9.17) is 10.2 Å². The molecular formula is C12H12N4O2S. The van der Waals surface area contributed by atoms with E-state index in [0.717, 1.165) is 16.4 Å². The predicted octanol–water partition coefficient (Wildman–Crippen LogP) is 2.08. The Bertz CT molecular complexity index is 786. The molecule has 2 aromatic heterocycles. The van der Waals surface area contributed by atoms with Crippen LogP contribution in [0.2, 0.25) is 0 Å². The minimum absolute atomic E-state index is 0.456. The summed E-state index contributed by atoms with van der Waals surface area (Å²) >= 11 is 1.60. The molecule has 4 N–H and O–H groups in total. The first-order valence-corrected chi connectivity index (χ1v) is 6.57. The lowest BCUT2D eigenvalue weighted by Crippen LogP contribution is -2.02. The van der Waals surface area contributed by atoms with Crippen LogP contribution in [0.15, 0.2) is 26.7 Å². The number of aromatic nitrogens is 2. The molecular weight excluding hydrogens is 264 g/mol. The highest BCUT2D eigenvalue weighted by Gasteiger charge is 2.07. The molecule has 19 heavy (non-hydrogen) atoms. The SMILES string of the molecule is Cc1nc(CNc2cc3[nH]c(=O)oc3cc2N)cs1. The summed E-state index contributed by atoms with van der Waals surface area (Å²) in [5.41, 5.74) is 9.22. The summed E-state index contributed by atoms with van der Waals surface area (Å²) in [6.45, 7) is 2.55. The van der Waals surface area contributed by atoms with Gasteiger partial charge in [-0.15, -0.1) is 11.3 Å². The van der Waals surface area contributed by atoms with Crippen molar-refractivity contribution in [3.05, 3.63) is 38.8 Å². The maximum atomic E-state index is 11.1. The number of thiazole rings is 1. The van der Waals surface area contributed by atoms with E-state index in [1.165, 1.54) is 0 Å². The van der Waals surface area contributed by atoms with Crippen molar-refractivity contribution in [2.24, 2.45) is 0 Å². The molecule has 0 aliphatic rings. The number of oxazole rings is 1. The molecule has 3 aromatic rings. The number of benzene rings is 1. The highest BCUT2D eigenvalue weighted by molar-refractivity contribution is 7.09. The van der Waals surface area contributed by atoms with E-state index in [1.54, 1.807) is 23.5 Å². The summed E-state index contributed by atoms with van der Waals surface area (Å²) in [6.07, 6.45) is 0. The topological polar surface area (TPSA) is 96.9 Å². The average Bonchev–Trinajstić information content (AvgIpc) is 2.91. The molecule has 0 radical (unpaired) electrons. The van der Waals surface area contributed by atoms with Gasteiger partial charge in [-0.2, -0.15) is 0 Å². The third-order valence-electron chi connectivity index (χ3n) is 2.72. The van der Waals surface area contributed by atoms with Gasteiger partial charge < -0.3 is 15.5 Å². The van der Waals surface area contributed by atoms with Gasteiger partial charge in [-0.3, -0.25) is 4.98 Å². The first-order valence-electron chi connectivity index (χ1n) is 5.69. The van der Waals surface area contributed by atoms with Crippen LogP contribution >= 0.6 is 11.3 Å². The summed E-state index contributed by atoms with van der Waals surface area (Å²) < 4.78 is 4.94. The molecule has 1 aromatic carbocycles. The van der Waals surface area contributed by atoms with E-state index in [1.807, 2.05) is 12.3 Å². The Morgan fingerprint density at radius 3 is 3.11 bits per heavy atom. The molecule has 98 valence electrons. The predicted molar refractivity (Wildman–Crippen MR) is 75.4 cm³/mol. The normalized spacial score (nSPS) is 11.0. The lowest BCUT2D eigenvalue weighted by molar-refractivity contribution is 0.555. The number of nitrogens with zero attached hydrogens (tertiary/aromatic N) is 1. The van der Waals surface area contributed by atoms with Gasteiger partial charge in [0.25, 0.3) is 0 Å². The highest BCUT2D eigenvalue weighted by Crippen LogP contribution is 2.25. The van der Waals surface area contributed by atoms with Crippen molar-refractivity contribution < 1.29 is 4.42 Å². The number of fused-ring (bicyclic) bond motifs is 1. The van der Waals surface area contributed by atoms with Crippen molar-refractivity contribution in [2.75, 3.05) is 11.1 Å². The standard InChI is InChI=1S/C12H12N4O2S/c1-6-15-7(5-19-6)4-14-9-3-10-11(2-8(9)13)18-12(17)16-10/h2-3,5,14H,4,13H2,1H3,(H,16,17). The van der Waals surface area contributed by atoms with Crippen molar-refractivity contribution in [1.29, 1.82) is 0 Å². The molecule has 3 rings (SSSR count). The Morgan fingerprint density at radius 2 is 2.37 bits per heavy atom. The molecule has 0 amide bonds. The minimum atomic E-state index is -0.485. The van der Waals surface area contributed by atoms with Gasteiger partial charge in [-0.25, -0.2) is 9.78 Å². The number of aryl methyl sites for hydroxylation is 1. The second kappa shape index (κ2) is 4.43. The molecule has 0 spiro atoms. The maximum absolute atomic E-state index is 11.1. The largest absolute Gasteiger partial charge is 0.417 e. The van der Waals surface area contributed by atoms with Gasteiger partial charge in [0.2, 0.25) is 0 Å². The number of rotatable bonds is 3. The second-order valence-electron chi connectivity index (χ2n) is 4.16. The Hall–Kier alpha value is -2.28. The Kier molecular flexibility index (Phi) is 2.75. The van der Waals surface area contributed by atoms with Crippen molar-refractivity contribution in [1.82, 2.24) is 9.97 Å². The summed E-state index contributed by atoms with van der Waals surface area (Å²) in [5.74, 6) is -0.485. The number of H-pyrrole nitrogens is 1. The fraction of sp³-hybridized carbons (Fsp3) is 0.167. The number of aromatic amines is 1. The fourth-order valence-corrected chi connectivity index (χ4v) is 2.45. The third-order valence-corrected chi connectivity index (χ3v) is 3.54. The summed E-state index contributed by atoms with van der Waals surface area (Å²) in [5, 5.41) is 6.22. The van der Waals surface area contributed by atoms with Gasteiger partial charge in [0.1, 0.15) is 0 Å². The highest BCUT2D eigenvalue weighted by atomic mass is 32.1. The van der Waals surface area contributed by atoms with Gasteiger partial charge in [0.05, 0.1) is 34.1 Å². The smallest absolute Gasteiger partial charge is 0.408 e.